The van der Waals surface area contributed by atoms with Gasteiger partial charge in [0.05, 0.1) is 0 Å². The first-order chi connectivity index (χ1) is 14.1. The summed E-state index contributed by atoms with van der Waals surface area (Å²) in [5, 5.41) is 32.5. The number of para-hydroxylation sites is 1. The topological polar surface area (TPSA) is 69.2 Å². The molecule has 0 aromatic heterocycles. The summed E-state index contributed by atoms with van der Waals surface area (Å²) >= 11 is 0. The van der Waals surface area contributed by atoms with E-state index in [1.165, 1.54) is 5.56 Å². The molecule has 0 bridgehead atoms. The fourth-order valence-corrected chi connectivity index (χ4v) is 2.68. The first-order valence-corrected chi connectivity index (χ1v) is 10.4. The van der Waals surface area contributed by atoms with Crippen molar-refractivity contribution >= 4 is 113 Å². The Morgan fingerprint density at radius 2 is 1.00 bits per heavy atom. The number of rotatable bonds is 3. The van der Waals surface area contributed by atoms with E-state index in [9.17, 15) is 15.3 Å². The van der Waals surface area contributed by atoms with Crippen LogP contribution in [0.2, 0.25) is 0 Å². The molecule has 0 heterocycles. The first-order valence-electron chi connectivity index (χ1n) is 10.4. The van der Waals surface area contributed by atoms with Gasteiger partial charge in [0.2, 0.25) is 0 Å². The molecule has 0 aliphatic carbocycles. The monoisotopic (exact) mass is 525 g/mol. The van der Waals surface area contributed by atoms with Crippen molar-refractivity contribution in [1.29, 1.82) is 0 Å². The van der Waals surface area contributed by atoms with Crippen LogP contribution in [0, 0.1) is 0 Å². The van der Waals surface area contributed by atoms with Crippen molar-refractivity contribution in [2.24, 2.45) is 0 Å². The summed E-state index contributed by atoms with van der Waals surface area (Å²) in [6.45, 7) is 12.4. The molecule has 0 saturated heterocycles. The first kappa shape index (κ1) is 38.4. The van der Waals surface area contributed by atoms with Gasteiger partial charge in [-0.15, -0.1) is 17.2 Å². The Kier molecular flexibility index (Phi) is 24.4. The molecule has 0 saturated carbocycles. The van der Waals surface area contributed by atoms with Crippen LogP contribution in [-0.4, -0.2) is 113 Å². The molecule has 3 rings (SSSR count). The molecule has 0 atom stereocenters. The second-order valence-corrected chi connectivity index (χ2v) is 8.14. The van der Waals surface area contributed by atoms with Crippen LogP contribution < -0.4 is 15.3 Å². The minimum Gasteiger partial charge on any atom is -0.872 e. The quantitative estimate of drug-likeness (QED) is 0.473. The third-order valence-corrected chi connectivity index (χ3v) is 4.61. The molecular formula is C27H33Ca3O3+3. The molecular weight excluding hydrogens is 493 g/mol. The average Bonchev–Trinajstić information content (AvgIpc) is 2.69. The molecule has 6 heteroatoms. The Morgan fingerprint density at radius 1 is 0.485 bits per heavy atom. The molecule has 162 valence electrons. The largest absolute Gasteiger partial charge is 2.00 e. The smallest absolute Gasteiger partial charge is 0.872 e. The van der Waals surface area contributed by atoms with Gasteiger partial charge in [0, 0.05) is 0 Å². The van der Waals surface area contributed by atoms with E-state index >= 15 is 0 Å². The molecule has 0 N–H and O–H groups in total. The molecule has 0 spiro atoms. The summed E-state index contributed by atoms with van der Waals surface area (Å²) in [6, 6.07) is 21.2. The van der Waals surface area contributed by atoms with E-state index in [0.717, 1.165) is 11.1 Å². The minimum atomic E-state index is 0. The Balaban J connectivity index is -0.000000391. The van der Waals surface area contributed by atoms with Crippen LogP contribution in [0.1, 0.15) is 76.0 Å². The number of benzene rings is 3. The van der Waals surface area contributed by atoms with Crippen LogP contribution in [0.25, 0.3) is 0 Å². The Hall–Kier alpha value is 0.839. The van der Waals surface area contributed by atoms with E-state index in [2.05, 4.69) is 27.7 Å². The maximum atomic E-state index is 11.1. The zero-order valence-electron chi connectivity index (χ0n) is 21.0. The van der Waals surface area contributed by atoms with E-state index in [1.807, 2.05) is 44.2 Å². The van der Waals surface area contributed by atoms with Gasteiger partial charge in [-0.2, -0.15) is 0 Å². The van der Waals surface area contributed by atoms with Crippen molar-refractivity contribution in [2.45, 2.75) is 59.3 Å². The van der Waals surface area contributed by atoms with Gasteiger partial charge >= 0.3 is 113 Å². The van der Waals surface area contributed by atoms with Gasteiger partial charge in [0.25, 0.3) is 0 Å². The average molecular weight is 526 g/mol. The zero-order chi connectivity index (χ0) is 22.7. The van der Waals surface area contributed by atoms with E-state index in [1.54, 1.807) is 42.5 Å². The molecule has 33 heavy (non-hydrogen) atoms. The summed E-state index contributed by atoms with van der Waals surface area (Å²) in [6.07, 6.45) is 0. The minimum absolute atomic E-state index is 0. The van der Waals surface area contributed by atoms with Gasteiger partial charge in [0.15, 0.2) is 0 Å². The third kappa shape index (κ3) is 16.3. The van der Waals surface area contributed by atoms with E-state index < -0.39 is 0 Å². The number of hydrogen-bond donors (Lipinski definition) is 0. The molecule has 0 fully saturated rings. The fraction of sp³-hybridized carbons (Fsp3) is 0.333. The van der Waals surface area contributed by atoms with Gasteiger partial charge in [0.1, 0.15) is 0 Å². The van der Waals surface area contributed by atoms with Gasteiger partial charge in [-0.3, -0.25) is 0 Å². The normalized spacial score (nSPS) is 9.36. The molecule has 3 nitrogen and oxygen atoms in total. The third-order valence-electron chi connectivity index (χ3n) is 4.61. The van der Waals surface area contributed by atoms with E-state index in [4.69, 9.17) is 0 Å². The Bertz CT molecular complexity index is 880. The van der Waals surface area contributed by atoms with Crippen molar-refractivity contribution < 1.29 is 15.3 Å². The van der Waals surface area contributed by atoms with Gasteiger partial charge in [-0.05, 0) is 28.9 Å². The Morgan fingerprint density at radius 3 is 1.36 bits per heavy atom. The van der Waals surface area contributed by atoms with Crippen LogP contribution in [0.5, 0.6) is 17.2 Å². The molecule has 0 aliphatic heterocycles. The van der Waals surface area contributed by atoms with Crippen LogP contribution >= 0.6 is 0 Å². The van der Waals surface area contributed by atoms with Crippen molar-refractivity contribution in [3.8, 4) is 17.2 Å². The second-order valence-electron chi connectivity index (χ2n) is 8.14. The predicted octanol–water partition coefficient (Wildman–Crippen LogP) is 4.51. The summed E-state index contributed by atoms with van der Waals surface area (Å²) in [5.74, 6) is 1.65. The number of hydrogen-bond acceptors (Lipinski definition) is 3. The van der Waals surface area contributed by atoms with E-state index in [0.29, 0.717) is 17.8 Å². The molecule has 0 unspecified atom stereocenters. The summed E-state index contributed by atoms with van der Waals surface area (Å²) in [7, 11) is 0. The van der Waals surface area contributed by atoms with Gasteiger partial charge in [-0.25, -0.2) is 0 Å². The summed E-state index contributed by atoms with van der Waals surface area (Å²) < 4.78 is 0. The summed E-state index contributed by atoms with van der Waals surface area (Å²) in [5.41, 5.74) is 3.25. The standard InChI is InChI=1S/3C9H12O.3Ca/c1-7(2)8-3-5-9(10)6-4-8;1-7(2)8-4-3-5-9(10)6-8;1-7(2)8-5-3-4-6-9(8)10;;;/h3*3-7,10H,1-2H3;;;/q;;;3*+2/p-3. The van der Waals surface area contributed by atoms with Crippen molar-refractivity contribution in [3.63, 3.8) is 0 Å². The van der Waals surface area contributed by atoms with Gasteiger partial charge in [-0.1, -0.05) is 120 Å². The van der Waals surface area contributed by atoms with Crippen LogP contribution in [0.15, 0.2) is 72.8 Å². The molecule has 0 aliphatic rings. The zero-order valence-corrected chi connectivity index (χ0v) is 27.6. The van der Waals surface area contributed by atoms with Crippen LogP contribution in [0.4, 0.5) is 0 Å². The molecule has 0 radical (unpaired) electrons. The van der Waals surface area contributed by atoms with Crippen molar-refractivity contribution in [1.82, 2.24) is 0 Å². The maximum Gasteiger partial charge on any atom is 2.00 e. The van der Waals surface area contributed by atoms with Crippen molar-refractivity contribution in [3.05, 3.63) is 89.5 Å². The van der Waals surface area contributed by atoms with Gasteiger partial charge < -0.3 is 15.3 Å². The second kappa shape index (κ2) is 21.0. The van der Waals surface area contributed by atoms with Crippen LogP contribution in [0.3, 0.4) is 0 Å². The molecule has 3 aromatic rings. The van der Waals surface area contributed by atoms with Crippen LogP contribution in [-0.2, 0) is 0 Å². The summed E-state index contributed by atoms with van der Waals surface area (Å²) in [4.78, 5) is 0. The molecule has 0 amide bonds. The SMILES string of the molecule is CC(C)c1ccc([O-])cc1.CC(C)c1cccc([O-])c1.CC(C)c1ccccc1[O-].[Ca+2].[Ca+2].[Ca+2]. The molecule has 3 aromatic carbocycles. The van der Waals surface area contributed by atoms with Crippen molar-refractivity contribution in [2.75, 3.05) is 0 Å². The fourth-order valence-electron chi connectivity index (χ4n) is 2.68. The maximum absolute atomic E-state index is 11.1. The predicted molar refractivity (Wildman–Crippen MR) is 137 cm³/mol. The Labute approximate surface area is 290 Å². The van der Waals surface area contributed by atoms with E-state index in [-0.39, 0.29) is 130 Å².